The SMILES string of the molecule is COC(=O)CCC1=NCCc2c1[nH]c1c(OC(C)=O)cccc21. The Hall–Kier alpha value is -2.63. The zero-order valence-corrected chi connectivity index (χ0v) is 13.1. The minimum atomic E-state index is -0.357. The van der Waals surface area contributed by atoms with Crippen molar-refractivity contribution in [3.05, 3.63) is 29.5 Å². The van der Waals surface area contributed by atoms with E-state index in [0.717, 1.165) is 34.3 Å². The first-order valence-corrected chi connectivity index (χ1v) is 7.52. The van der Waals surface area contributed by atoms with Gasteiger partial charge in [-0.15, -0.1) is 0 Å². The van der Waals surface area contributed by atoms with Crippen molar-refractivity contribution in [2.75, 3.05) is 13.7 Å². The van der Waals surface area contributed by atoms with Gasteiger partial charge in [0.2, 0.25) is 0 Å². The average molecular weight is 314 g/mol. The number of aromatic nitrogens is 1. The number of carbonyl (C=O) groups is 2. The fraction of sp³-hybridized carbons (Fsp3) is 0.353. The van der Waals surface area contributed by atoms with Crippen LogP contribution in [0.4, 0.5) is 0 Å². The first-order valence-electron chi connectivity index (χ1n) is 7.52. The van der Waals surface area contributed by atoms with Crippen LogP contribution in [0.2, 0.25) is 0 Å². The number of carbonyl (C=O) groups excluding carboxylic acids is 2. The quantitative estimate of drug-likeness (QED) is 0.694. The monoisotopic (exact) mass is 314 g/mol. The number of aromatic amines is 1. The number of esters is 2. The molecular weight excluding hydrogens is 296 g/mol. The molecule has 1 aromatic carbocycles. The van der Waals surface area contributed by atoms with E-state index in [-0.39, 0.29) is 11.9 Å². The molecule has 1 N–H and O–H groups in total. The van der Waals surface area contributed by atoms with E-state index in [2.05, 4.69) is 14.7 Å². The van der Waals surface area contributed by atoms with Crippen molar-refractivity contribution in [1.29, 1.82) is 0 Å². The van der Waals surface area contributed by atoms with Gasteiger partial charge in [-0.1, -0.05) is 12.1 Å². The summed E-state index contributed by atoms with van der Waals surface area (Å²) in [6.45, 7) is 2.07. The second kappa shape index (κ2) is 6.24. The number of fused-ring (bicyclic) bond motifs is 3. The normalized spacial score (nSPS) is 13.4. The van der Waals surface area contributed by atoms with Crippen LogP contribution >= 0.6 is 0 Å². The first kappa shape index (κ1) is 15.3. The van der Waals surface area contributed by atoms with E-state index in [4.69, 9.17) is 4.74 Å². The van der Waals surface area contributed by atoms with E-state index >= 15 is 0 Å². The molecule has 23 heavy (non-hydrogen) atoms. The van der Waals surface area contributed by atoms with E-state index in [0.29, 0.717) is 25.1 Å². The molecule has 1 aromatic heterocycles. The Morgan fingerprint density at radius 1 is 1.35 bits per heavy atom. The third-order valence-electron chi connectivity index (χ3n) is 3.90. The second-order valence-electron chi connectivity index (χ2n) is 5.41. The zero-order valence-electron chi connectivity index (χ0n) is 13.1. The summed E-state index contributed by atoms with van der Waals surface area (Å²) in [5.74, 6) is -0.0992. The summed E-state index contributed by atoms with van der Waals surface area (Å²) in [5.41, 5.74) is 3.74. The summed E-state index contributed by atoms with van der Waals surface area (Å²) in [7, 11) is 1.38. The maximum absolute atomic E-state index is 11.4. The number of nitrogens with zero attached hydrogens (tertiary/aromatic N) is 1. The Bertz CT molecular complexity index is 804. The molecule has 0 atom stereocenters. The molecule has 0 bridgehead atoms. The Morgan fingerprint density at radius 2 is 2.17 bits per heavy atom. The highest BCUT2D eigenvalue weighted by Crippen LogP contribution is 2.32. The Balaban J connectivity index is 1.99. The number of rotatable bonds is 4. The van der Waals surface area contributed by atoms with Crippen molar-refractivity contribution in [3.8, 4) is 5.75 Å². The van der Waals surface area contributed by atoms with Gasteiger partial charge in [0.15, 0.2) is 5.75 Å². The third kappa shape index (κ3) is 2.97. The molecule has 0 saturated heterocycles. The largest absolute Gasteiger partial charge is 0.469 e. The highest BCUT2D eigenvalue weighted by Gasteiger charge is 2.22. The molecule has 0 spiro atoms. The highest BCUT2D eigenvalue weighted by atomic mass is 16.5. The summed E-state index contributed by atoms with van der Waals surface area (Å²) >= 11 is 0. The standard InChI is InChI=1S/C17H18N2O4/c1-10(20)23-14-5-3-4-11-12-8-9-18-13(6-7-15(21)22-2)16(12)19-17(11)14/h3-5,19H,6-9H2,1-2H3. The van der Waals surface area contributed by atoms with Gasteiger partial charge in [0.05, 0.1) is 30.5 Å². The molecule has 6 heteroatoms. The number of benzene rings is 1. The minimum Gasteiger partial charge on any atom is -0.469 e. The topological polar surface area (TPSA) is 80.8 Å². The lowest BCUT2D eigenvalue weighted by atomic mass is 10.00. The molecule has 0 aliphatic carbocycles. The van der Waals surface area contributed by atoms with Gasteiger partial charge >= 0.3 is 11.9 Å². The van der Waals surface area contributed by atoms with Gasteiger partial charge in [0, 0.05) is 25.3 Å². The fourth-order valence-corrected chi connectivity index (χ4v) is 2.90. The highest BCUT2D eigenvalue weighted by molar-refractivity contribution is 6.08. The van der Waals surface area contributed by atoms with Crippen molar-refractivity contribution in [2.24, 2.45) is 4.99 Å². The Kier molecular flexibility index (Phi) is 4.14. The molecule has 6 nitrogen and oxygen atoms in total. The van der Waals surface area contributed by atoms with Crippen LogP contribution in [0.1, 0.15) is 31.0 Å². The van der Waals surface area contributed by atoms with Gasteiger partial charge in [0.1, 0.15) is 0 Å². The van der Waals surface area contributed by atoms with Crippen molar-refractivity contribution in [3.63, 3.8) is 0 Å². The molecule has 2 heterocycles. The average Bonchev–Trinajstić information content (AvgIpc) is 2.92. The van der Waals surface area contributed by atoms with Crippen LogP contribution in [0.15, 0.2) is 23.2 Å². The maximum Gasteiger partial charge on any atom is 0.308 e. The third-order valence-corrected chi connectivity index (χ3v) is 3.90. The van der Waals surface area contributed by atoms with E-state index in [1.165, 1.54) is 14.0 Å². The molecule has 0 fully saturated rings. The number of H-pyrrole nitrogens is 1. The van der Waals surface area contributed by atoms with E-state index in [9.17, 15) is 9.59 Å². The van der Waals surface area contributed by atoms with Crippen molar-refractivity contribution in [1.82, 2.24) is 4.98 Å². The summed E-state index contributed by atoms with van der Waals surface area (Å²) in [6, 6.07) is 5.63. The van der Waals surface area contributed by atoms with Crippen molar-refractivity contribution in [2.45, 2.75) is 26.2 Å². The molecule has 0 amide bonds. The Morgan fingerprint density at radius 3 is 2.91 bits per heavy atom. The van der Waals surface area contributed by atoms with E-state index in [1.807, 2.05) is 12.1 Å². The molecule has 1 aliphatic rings. The van der Waals surface area contributed by atoms with Gasteiger partial charge in [-0.2, -0.15) is 0 Å². The lowest BCUT2D eigenvalue weighted by Gasteiger charge is -2.12. The lowest BCUT2D eigenvalue weighted by Crippen LogP contribution is -2.14. The summed E-state index contributed by atoms with van der Waals surface area (Å²) in [6.07, 6.45) is 1.64. The molecule has 2 aromatic rings. The maximum atomic E-state index is 11.4. The number of aliphatic imine (C=N–C) groups is 1. The van der Waals surface area contributed by atoms with Crippen LogP contribution in [0.25, 0.3) is 10.9 Å². The van der Waals surface area contributed by atoms with Gasteiger partial charge in [-0.25, -0.2) is 0 Å². The van der Waals surface area contributed by atoms with Crippen LogP contribution in [-0.4, -0.2) is 36.3 Å². The van der Waals surface area contributed by atoms with Gasteiger partial charge in [0.25, 0.3) is 0 Å². The minimum absolute atomic E-state index is 0.253. The van der Waals surface area contributed by atoms with Gasteiger partial charge in [-0.05, 0) is 18.1 Å². The van der Waals surface area contributed by atoms with E-state index < -0.39 is 0 Å². The van der Waals surface area contributed by atoms with Crippen molar-refractivity contribution >= 4 is 28.6 Å². The van der Waals surface area contributed by atoms with Crippen molar-refractivity contribution < 1.29 is 19.1 Å². The smallest absolute Gasteiger partial charge is 0.308 e. The lowest BCUT2D eigenvalue weighted by molar-refractivity contribution is -0.140. The molecule has 3 rings (SSSR count). The Labute approximate surface area is 133 Å². The number of nitrogens with one attached hydrogen (secondary N) is 1. The molecule has 0 radical (unpaired) electrons. The molecule has 120 valence electrons. The van der Waals surface area contributed by atoms with Gasteiger partial charge < -0.3 is 14.5 Å². The molecule has 1 aliphatic heterocycles. The zero-order chi connectivity index (χ0) is 16.4. The number of hydrogen-bond donors (Lipinski definition) is 1. The van der Waals surface area contributed by atoms with Crippen LogP contribution in [0.3, 0.4) is 0 Å². The molecule has 0 saturated carbocycles. The van der Waals surface area contributed by atoms with Crippen LogP contribution in [0.5, 0.6) is 5.75 Å². The number of hydrogen-bond acceptors (Lipinski definition) is 5. The van der Waals surface area contributed by atoms with E-state index in [1.54, 1.807) is 6.07 Å². The molecular formula is C17H18N2O4. The predicted octanol–water partition coefficient (Wildman–Crippen LogP) is 2.39. The summed E-state index contributed by atoms with van der Waals surface area (Å²) in [5, 5.41) is 1.03. The van der Waals surface area contributed by atoms with Gasteiger partial charge in [-0.3, -0.25) is 14.6 Å². The fourth-order valence-electron chi connectivity index (χ4n) is 2.90. The summed E-state index contributed by atoms with van der Waals surface area (Å²) in [4.78, 5) is 30.5. The molecule has 0 unspecified atom stereocenters. The second-order valence-corrected chi connectivity index (χ2v) is 5.41. The number of methoxy groups -OCH3 is 1. The van der Waals surface area contributed by atoms with Crippen LogP contribution in [-0.2, 0) is 20.7 Å². The van der Waals surface area contributed by atoms with Crippen LogP contribution < -0.4 is 4.74 Å². The first-order chi connectivity index (χ1) is 11.1. The number of para-hydroxylation sites is 1. The summed E-state index contributed by atoms with van der Waals surface area (Å²) < 4.78 is 9.96. The van der Waals surface area contributed by atoms with Crippen LogP contribution in [0, 0.1) is 0 Å². The number of ether oxygens (including phenoxy) is 2. The predicted molar refractivity (Wildman–Crippen MR) is 86.0 cm³/mol.